The van der Waals surface area contributed by atoms with Gasteiger partial charge in [-0.05, 0) is 12.0 Å². The van der Waals surface area contributed by atoms with Crippen LogP contribution in [0.3, 0.4) is 0 Å². The molecule has 0 aliphatic carbocycles. The first-order chi connectivity index (χ1) is 11.1. The van der Waals surface area contributed by atoms with Gasteiger partial charge in [-0.2, -0.15) is 0 Å². The molecule has 9 heteroatoms. The number of pyridine rings is 1. The van der Waals surface area contributed by atoms with E-state index in [1.807, 2.05) is 0 Å². The molecule has 2 aromatic heterocycles. The maximum atomic E-state index is 12.3. The average Bonchev–Trinajstić information content (AvgIpc) is 2.54. The van der Waals surface area contributed by atoms with Crippen LogP contribution in [0.5, 0.6) is 0 Å². The fourth-order valence-corrected chi connectivity index (χ4v) is 2.33. The molecule has 0 spiro atoms. The van der Waals surface area contributed by atoms with E-state index >= 15 is 0 Å². The molecule has 24 heavy (non-hydrogen) atoms. The lowest BCUT2D eigenvalue weighted by atomic mass is 10.0. The quantitative estimate of drug-likeness (QED) is 0.775. The lowest BCUT2D eigenvalue weighted by Crippen LogP contribution is -2.44. The van der Waals surface area contributed by atoms with E-state index < -0.39 is 29.2 Å². The number of carbonyl (C=O) groups is 2. The van der Waals surface area contributed by atoms with Crippen molar-refractivity contribution in [2.24, 2.45) is 20.0 Å². The van der Waals surface area contributed by atoms with Crippen LogP contribution in [0.15, 0.2) is 21.9 Å². The van der Waals surface area contributed by atoms with Crippen LogP contribution in [0.25, 0.3) is 11.0 Å². The molecule has 0 aromatic carbocycles. The number of aryl methyl sites for hydroxylation is 1. The van der Waals surface area contributed by atoms with Crippen LogP contribution < -0.4 is 16.6 Å². The van der Waals surface area contributed by atoms with Crippen molar-refractivity contribution in [2.75, 3.05) is 0 Å². The van der Waals surface area contributed by atoms with Crippen LogP contribution in [0.2, 0.25) is 0 Å². The summed E-state index contributed by atoms with van der Waals surface area (Å²) in [6.07, 6.45) is 1.20. The molecular weight excluding hydrogens is 316 g/mol. The number of carbonyl (C=O) groups excluding carboxylic acids is 1. The minimum absolute atomic E-state index is 0.0464. The maximum absolute atomic E-state index is 12.3. The van der Waals surface area contributed by atoms with Crippen molar-refractivity contribution in [2.45, 2.75) is 19.9 Å². The molecule has 2 rings (SSSR count). The van der Waals surface area contributed by atoms with Gasteiger partial charge in [0.1, 0.15) is 11.7 Å². The Morgan fingerprint density at radius 3 is 2.38 bits per heavy atom. The zero-order valence-electron chi connectivity index (χ0n) is 13.7. The van der Waals surface area contributed by atoms with Crippen molar-refractivity contribution in [3.63, 3.8) is 0 Å². The van der Waals surface area contributed by atoms with Crippen LogP contribution in [0.1, 0.15) is 24.2 Å². The average molecular weight is 334 g/mol. The van der Waals surface area contributed by atoms with Gasteiger partial charge in [-0.15, -0.1) is 0 Å². The van der Waals surface area contributed by atoms with E-state index in [0.29, 0.717) is 0 Å². The summed E-state index contributed by atoms with van der Waals surface area (Å²) in [4.78, 5) is 51.5. The minimum Gasteiger partial charge on any atom is -0.480 e. The van der Waals surface area contributed by atoms with Gasteiger partial charge in [0.15, 0.2) is 0 Å². The van der Waals surface area contributed by atoms with Gasteiger partial charge in [-0.1, -0.05) is 13.8 Å². The summed E-state index contributed by atoms with van der Waals surface area (Å²) in [6, 6.07) is 0.245. The molecule has 0 radical (unpaired) electrons. The van der Waals surface area contributed by atoms with Gasteiger partial charge in [-0.3, -0.25) is 18.7 Å². The molecule has 2 N–H and O–H groups in total. The number of nitrogens with zero attached hydrogens (tertiary/aromatic N) is 3. The normalized spacial score (nSPS) is 12.4. The molecule has 0 saturated carbocycles. The number of amides is 1. The number of hydrogen-bond donors (Lipinski definition) is 2. The molecule has 0 bridgehead atoms. The lowest BCUT2D eigenvalue weighted by molar-refractivity contribution is -0.140. The summed E-state index contributed by atoms with van der Waals surface area (Å²) in [6.45, 7) is 3.34. The van der Waals surface area contributed by atoms with E-state index in [1.165, 1.54) is 30.9 Å². The monoisotopic (exact) mass is 334 g/mol. The Bertz CT molecular complexity index is 941. The van der Waals surface area contributed by atoms with Gasteiger partial charge >= 0.3 is 11.7 Å². The number of carboxylic acid groups (broad SMARTS) is 1. The molecule has 2 aromatic rings. The second-order valence-electron chi connectivity index (χ2n) is 5.83. The molecule has 1 amide bonds. The maximum Gasteiger partial charge on any atom is 0.332 e. The summed E-state index contributed by atoms with van der Waals surface area (Å²) < 4.78 is 2.12. The predicted molar refractivity (Wildman–Crippen MR) is 86.0 cm³/mol. The standard InChI is InChI=1S/C15H18N4O5/c1-7(2)10(14(22)23)17-12(20)8-5-9-11(16-6-8)18(3)15(24)19(4)13(9)21/h5-7,10H,1-4H3,(H,17,20)(H,22,23)/t10-/m0/s1. The van der Waals surface area contributed by atoms with E-state index in [9.17, 15) is 19.2 Å². The van der Waals surface area contributed by atoms with Crippen molar-refractivity contribution in [1.29, 1.82) is 0 Å². The van der Waals surface area contributed by atoms with E-state index in [-0.39, 0.29) is 22.5 Å². The highest BCUT2D eigenvalue weighted by atomic mass is 16.4. The molecule has 2 heterocycles. The van der Waals surface area contributed by atoms with Crippen molar-refractivity contribution in [3.05, 3.63) is 38.7 Å². The second-order valence-corrected chi connectivity index (χ2v) is 5.83. The molecular formula is C15H18N4O5. The first-order valence-corrected chi connectivity index (χ1v) is 7.24. The third kappa shape index (κ3) is 2.92. The van der Waals surface area contributed by atoms with Crippen LogP contribution in [0.4, 0.5) is 0 Å². The third-order valence-corrected chi connectivity index (χ3v) is 3.77. The predicted octanol–water partition coefficient (Wildman–Crippen LogP) is -0.529. The SMILES string of the molecule is CC(C)[C@H](NC(=O)c1cnc2c(c1)c(=O)n(C)c(=O)n2C)C(=O)O. The number of aliphatic carboxylic acids is 1. The molecule has 1 atom stereocenters. The summed E-state index contributed by atoms with van der Waals surface area (Å²) in [7, 11) is 2.80. The van der Waals surface area contributed by atoms with Crippen LogP contribution >= 0.6 is 0 Å². The summed E-state index contributed by atoms with van der Waals surface area (Å²) in [5, 5.41) is 11.6. The Balaban J connectivity index is 2.52. The number of hydrogen-bond acceptors (Lipinski definition) is 5. The minimum atomic E-state index is -1.15. The van der Waals surface area contributed by atoms with Crippen molar-refractivity contribution in [1.82, 2.24) is 19.4 Å². The number of aromatic nitrogens is 3. The van der Waals surface area contributed by atoms with Crippen molar-refractivity contribution < 1.29 is 14.7 Å². The Morgan fingerprint density at radius 2 is 1.83 bits per heavy atom. The first kappa shape index (κ1) is 17.4. The summed E-state index contributed by atoms with van der Waals surface area (Å²) in [5.74, 6) is -2.11. The zero-order valence-corrected chi connectivity index (χ0v) is 13.7. The highest BCUT2D eigenvalue weighted by Crippen LogP contribution is 2.09. The first-order valence-electron chi connectivity index (χ1n) is 7.24. The molecule has 9 nitrogen and oxygen atoms in total. The lowest BCUT2D eigenvalue weighted by Gasteiger charge is -2.18. The Kier molecular flexibility index (Phi) is 4.54. The summed E-state index contributed by atoms with van der Waals surface area (Å²) >= 11 is 0. The zero-order chi connectivity index (χ0) is 18.2. The van der Waals surface area contributed by atoms with Gasteiger partial charge in [0.05, 0.1) is 10.9 Å². The molecule has 0 aliphatic heterocycles. The van der Waals surface area contributed by atoms with Gasteiger partial charge in [0.2, 0.25) is 0 Å². The van der Waals surface area contributed by atoms with E-state index in [4.69, 9.17) is 5.11 Å². The number of nitrogens with one attached hydrogen (secondary N) is 1. The van der Waals surface area contributed by atoms with Gasteiger partial charge < -0.3 is 10.4 Å². The van der Waals surface area contributed by atoms with Crippen molar-refractivity contribution >= 4 is 22.9 Å². The third-order valence-electron chi connectivity index (χ3n) is 3.77. The fraction of sp³-hybridized carbons (Fsp3) is 0.400. The highest BCUT2D eigenvalue weighted by Gasteiger charge is 2.24. The largest absolute Gasteiger partial charge is 0.480 e. The molecule has 0 saturated heterocycles. The highest BCUT2D eigenvalue weighted by molar-refractivity contribution is 5.98. The van der Waals surface area contributed by atoms with Gasteiger partial charge in [0, 0.05) is 20.3 Å². The van der Waals surface area contributed by atoms with Crippen LogP contribution in [-0.4, -0.2) is 37.1 Å². The number of fused-ring (bicyclic) bond motifs is 1. The Morgan fingerprint density at radius 1 is 1.21 bits per heavy atom. The van der Waals surface area contributed by atoms with Gasteiger partial charge in [-0.25, -0.2) is 14.6 Å². The summed E-state index contributed by atoms with van der Waals surface area (Å²) in [5.41, 5.74) is -0.903. The topological polar surface area (TPSA) is 123 Å². The number of rotatable bonds is 4. The Labute approximate surface area is 136 Å². The molecule has 0 aliphatic rings. The van der Waals surface area contributed by atoms with Crippen LogP contribution in [-0.2, 0) is 18.9 Å². The molecule has 0 fully saturated rings. The smallest absolute Gasteiger partial charge is 0.332 e. The second kappa shape index (κ2) is 6.26. The van der Waals surface area contributed by atoms with E-state index in [0.717, 1.165) is 4.57 Å². The van der Waals surface area contributed by atoms with Crippen LogP contribution in [0, 0.1) is 5.92 Å². The molecule has 0 unspecified atom stereocenters. The molecule has 128 valence electrons. The fourth-order valence-electron chi connectivity index (χ4n) is 2.33. The Hall–Kier alpha value is -2.97. The van der Waals surface area contributed by atoms with E-state index in [1.54, 1.807) is 13.8 Å². The number of carboxylic acids is 1. The van der Waals surface area contributed by atoms with Crippen molar-refractivity contribution in [3.8, 4) is 0 Å². The van der Waals surface area contributed by atoms with E-state index in [2.05, 4.69) is 10.3 Å². The van der Waals surface area contributed by atoms with Gasteiger partial charge in [0.25, 0.3) is 11.5 Å².